The number of carbonyl (C=O) groups is 2. The van der Waals surface area contributed by atoms with Crippen LogP contribution in [0.5, 0.6) is 0 Å². The van der Waals surface area contributed by atoms with Crippen molar-refractivity contribution in [3.63, 3.8) is 0 Å². The van der Waals surface area contributed by atoms with E-state index in [1.807, 2.05) is 73.0 Å². The number of pyridine rings is 1. The number of rotatable bonds is 4. The highest BCUT2D eigenvalue weighted by Crippen LogP contribution is 2.28. The second kappa shape index (κ2) is 8.30. The van der Waals surface area contributed by atoms with Crippen molar-refractivity contribution in [2.24, 2.45) is 13.0 Å². The molecule has 6 nitrogen and oxygen atoms in total. The summed E-state index contributed by atoms with van der Waals surface area (Å²) < 4.78 is 7.15. The van der Waals surface area contributed by atoms with E-state index in [-0.39, 0.29) is 17.8 Å². The van der Waals surface area contributed by atoms with Crippen molar-refractivity contribution in [1.29, 1.82) is 0 Å². The lowest BCUT2D eigenvalue weighted by molar-refractivity contribution is -0.149. The summed E-state index contributed by atoms with van der Waals surface area (Å²) in [6.07, 6.45) is 3.24. The van der Waals surface area contributed by atoms with Gasteiger partial charge in [0.25, 0.3) is 5.91 Å². The third kappa shape index (κ3) is 3.82. The van der Waals surface area contributed by atoms with Gasteiger partial charge in [-0.25, -0.2) is 4.98 Å². The zero-order chi connectivity index (χ0) is 21.3. The van der Waals surface area contributed by atoms with Gasteiger partial charge in [-0.1, -0.05) is 11.6 Å². The molecule has 0 aliphatic carbocycles. The van der Waals surface area contributed by atoms with Gasteiger partial charge in [-0.3, -0.25) is 9.59 Å². The van der Waals surface area contributed by atoms with Crippen LogP contribution in [0, 0.1) is 12.8 Å². The van der Waals surface area contributed by atoms with Crippen LogP contribution >= 0.6 is 0 Å². The maximum absolute atomic E-state index is 13.5. The summed E-state index contributed by atoms with van der Waals surface area (Å²) in [5, 5.41) is 0.866. The summed E-state index contributed by atoms with van der Waals surface area (Å²) in [6, 6.07) is 11.9. The van der Waals surface area contributed by atoms with Crippen LogP contribution in [-0.2, 0) is 16.6 Å². The maximum Gasteiger partial charge on any atom is 0.309 e. The lowest BCUT2D eigenvalue weighted by Gasteiger charge is -2.31. The normalized spacial score (nSPS) is 14.8. The van der Waals surface area contributed by atoms with E-state index < -0.39 is 0 Å². The molecule has 156 valence electrons. The molecular formula is C24H27N3O3. The van der Waals surface area contributed by atoms with Crippen molar-refractivity contribution in [3.05, 3.63) is 53.7 Å². The van der Waals surface area contributed by atoms with E-state index in [0.717, 1.165) is 27.9 Å². The summed E-state index contributed by atoms with van der Waals surface area (Å²) in [4.78, 5) is 32.2. The molecule has 0 N–H and O–H groups in total. The standard InChI is InChI=1S/C24H27N3O3/c1-4-30-24(29)17-9-12-27(13-10-17)23(28)19-15-21(22-6-5-11-26(22)3)25-20-8-7-16(2)14-18(19)20/h5-8,11,14-15,17H,4,9-10,12-13H2,1-3H3. The maximum atomic E-state index is 13.5. The van der Waals surface area contributed by atoms with E-state index >= 15 is 0 Å². The van der Waals surface area contributed by atoms with E-state index in [4.69, 9.17) is 9.72 Å². The SMILES string of the molecule is CCOC(=O)C1CCN(C(=O)c2cc(-c3cccn3C)nc3ccc(C)cc23)CC1. The number of benzene rings is 1. The molecule has 0 atom stereocenters. The Balaban J connectivity index is 1.67. The zero-order valence-electron chi connectivity index (χ0n) is 17.7. The van der Waals surface area contributed by atoms with Gasteiger partial charge in [0.15, 0.2) is 0 Å². The molecular weight excluding hydrogens is 378 g/mol. The Morgan fingerprint density at radius 1 is 1.17 bits per heavy atom. The van der Waals surface area contributed by atoms with Crippen LogP contribution in [0.4, 0.5) is 0 Å². The minimum atomic E-state index is -0.152. The number of hydrogen-bond donors (Lipinski definition) is 0. The van der Waals surface area contributed by atoms with Crippen LogP contribution in [0.1, 0.15) is 35.7 Å². The number of aryl methyl sites for hydroxylation is 2. The molecule has 1 amide bonds. The number of ether oxygens (including phenoxy) is 1. The predicted molar refractivity (Wildman–Crippen MR) is 116 cm³/mol. The van der Waals surface area contributed by atoms with Gasteiger partial charge in [-0.05, 0) is 57.0 Å². The number of nitrogens with zero attached hydrogens (tertiary/aromatic N) is 3. The molecule has 1 aromatic carbocycles. The molecule has 0 saturated carbocycles. The number of aromatic nitrogens is 2. The highest BCUT2D eigenvalue weighted by molar-refractivity contribution is 6.07. The number of esters is 1. The fraction of sp³-hybridized carbons (Fsp3) is 0.375. The molecule has 1 aliphatic rings. The first-order valence-electron chi connectivity index (χ1n) is 10.5. The minimum Gasteiger partial charge on any atom is -0.466 e. The highest BCUT2D eigenvalue weighted by Gasteiger charge is 2.29. The smallest absolute Gasteiger partial charge is 0.309 e. The number of carbonyl (C=O) groups excluding carboxylic acids is 2. The molecule has 2 aromatic heterocycles. The van der Waals surface area contributed by atoms with Gasteiger partial charge >= 0.3 is 5.97 Å². The van der Waals surface area contributed by atoms with Gasteiger partial charge in [-0.2, -0.15) is 0 Å². The first-order valence-corrected chi connectivity index (χ1v) is 10.5. The number of fused-ring (bicyclic) bond motifs is 1. The zero-order valence-corrected chi connectivity index (χ0v) is 17.7. The molecule has 0 bridgehead atoms. The van der Waals surface area contributed by atoms with Crippen molar-refractivity contribution in [3.8, 4) is 11.4 Å². The highest BCUT2D eigenvalue weighted by atomic mass is 16.5. The molecule has 3 aromatic rings. The van der Waals surface area contributed by atoms with Crippen molar-refractivity contribution >= 4 is 22.8 Å². The third-order valence-corrected chi connectivity index (χ3v) is 5.80. The van der Waals surface area contributed by atoms with E-state index in [9.17, 15) is 9.59 Å². The number of hydrogen-bond acceptors (Lipinski definition) is 4. The van der Waals surface area contributed by atoms with E-state index in [1.165, 1.54) is 0 Å². The Labute approximate surface area is 176 Å². The molecule has 1 saturated heterocycles. The van der Waals surface area contributed by atoms with Gasteiger partial charge in [0.2, 0.25) is 0 Å². The van der Waals surface area contributed by atoms with Crippen LogP contribution in [-0.4, -0.2) is 46.0 Å². The van der Waals surface area contributed by atoms with Gasteiger partial charge in [0, 0.05) is 31.7 Å². The first-order chi connectivity index (χ1) is 14.5. The average Bonchev–Trinajstić information content (AvgIpc) is 3.18. The van der Waals surface area contributed by atoms with Gasteiger partial charge in [-0.15, -0.1) is 0 Å². The van der Waals surface area contributed by atoms with Crippen LogP contribution in [0.25, 0.3) is 22.3 Å². The third-order valence-electron chi connectivity index (χ3n) is 5.80. The average molecular weight is 405 g/mol. The summed E-state index contributed by atoms with van der Waals surface area (Å²) in [7, 11) is 1.97. The van der Waals surface area contributed by atoms with E-state index in [1.54, 1.807) is 0 Å². The second-order valence-electron chi connectivity index (χ2n) is 7.90. The molecule has 3 heterocycles. The van der Waals surface area contributed by atoms with Gasteiger partial charge in [0.05, 0.1) is 35.0 Å². The molecule has 0 unspecified atom stereocenters. The summed E-state index contributed by atoms with van der Waals surface area (Å²) >= 11 is 0. The monoisotopic (exact) mass is 405 g/mol. The number of piperidine rings is 1. The molecule has 0 spiro atoms. The van der Waals surface area contributed by atoms with Crippen molar-refractivity contribution < 1.29 is 14.3 Å². The summed E-state index contributed by atoms with van der Waals surface area (Å²) in [5.41, 5.74) is 4.31. The predicted octanol–water partition coefficient (Wildman–Crippen LogP) is 3.96. The Kier molecular flexibility index (Phi) is 5.57. The topological polar surface area (TPSA) is 64.4 Å². The Bertz CT molecular complexity index is 1090. The molecule has 1 fully saturated rings. The second-order valence-corrected chi connectivity index (χ2v) is 7.90. The quantitative estimate of drug-likeness (QED) is 0.616. The largest absolute Gasteiger partial charge is 0.466 e. The molecule has 0 radical (unpaired) electrons. The Morgan fingerprint density at radius 2 is 1.93 bits per heavy atom. The van der Waals surface area contributed by atoms with Crippen LogP contribution in [0.2, 0.25) is 0 Å². The molecule has 6 heteroatoms. The van der Waals surface area contributed by atoms with Crippen molar-refractivity contribution in [2.45, 2.75) is 26.7 Å². The van der Waals surface area contributed by atoms with Gasteiger partial charge < -0.3 is 14.2 Å². The summed E-state index contributed by atoms with van der Waals surface area (Å²) in [6.45, 7) is 5.33. The van der Waals surface area contributed by atoms with Crippen molar-refractivity contribution in [1.82, 2.24) is 14.5 Å². The number of likely N-dealkylation sites (tertiary alicyclic amines) is 1. The fourth-order valence-corrected chi connectivity index (χ4v) is 4.12. The Hall–Kier alpha value is -3.15. The Morgan fingerprint density at radius 3 is 2.60 bits per heavy atom. The number of amides is 1. The van der Waals surface area contributed by atoms with Crippen LogP contribution in [0.15, 0.2) is 42.6 Å². The lowest BCUT2D eigenvalue weighted by atomic mass is 9.95. The van der Waals surface area contributed by atoms with Crippen LogP contribution < -0.4 is 0 Å². The van der Waals surface area contributed by atoms with E-state index in [0.29, 0.717) is 38.1 Å². The molecule has 1 aliphatic heterocycles. The van der Waals surface area contributed by atoms with Crippen molar-refractivity contribution in [2.75, 3.05) is 19.7 Å². The summed E-state index contributed by atoms with van der Waals surface area (Å²) in [5.74, 6) is -0.282. The van der Waals surface area contributed by atoms with Crippen LogP contribution in [0.3, 0.4) is 0 Å². The first kappa shape index (κ1) is 20.1. The lowest BCUT2D eigenvalue weighted by Crippen LogP contribution is -2.40. The van der Waals surface area contributed by atoms with Gasteiger partial charge in [0.1, 0.15) is 0 Å². The molecule has 30 heavy (non-hydrogen) atoms. The van der Waals surface area contributed by atoms with E-state index in [2.05, 4.69) is 0 Å². The minimum absolute atomic E-state index is 0.00855. The molecule has 4 rings (SSSR count). The fourth-order valence-electron chi connectivity index (χ4n) is 4.12.